The molecule has 6 heteroatoms. The van der Waals surface area contributed by atoms with Gasteiger partial charge in [-0.15, -0.1) is 0 Å². The van der Waals surface area contributed by atoms with Crippen LogP contribution in [0.2, 0.25) is 0 Å². The van der Waals surface area contributed by atoms with Gasteiger partial charge in [-0.2, -0.15) is 0 Å². The standard InChI is InChI=1S/C8H11BN2O2S/c1-13-6(9)2-4-11-5-3-7(12)10-8(11)14/h3,5-6H,2,4H2,1H3,(H,10,12,14)/t6-/m0/s1. The lowest BCUT2D eigenvalue weighted by atomic mass is 9.97. The average molecular weight is 210 g/mol. The Morgan fingerprint density at radius 2 is 2.50 bits per heavy atom. The molecule has 4 nitrogen and oxygen atoms in total. The molecule has 2 radical (unpaired) electrons. The van der Waals surface area contributed by atoms with E-state index < -0.39 is 0 Å². The molecular formula is C8H11BN2O2S. The van der Waals surface area contributed by atoms with Gasteiger partial charge in [0.15, 0.2) is 4.77 Å². The molecule has 0 unspecified atom stereocenters. The maximum Gasteiger partial charge on any atom is 0.251 e. The lowest BCUT2D eigenvalue weighted by Gasteiger charge is -2.11. The van der Waals surface area contributed by atoms with E-state index in [1.165, 1.54) is 6.07 Å². The smallest absolute Gasteiger partial charge is 0.251 e. The molecule has 0 aliphatic rings. The Bertz CT molecular complexity index is 401. The summed E-state index contributed by atoms with van der Waals surface area (Å²) in [6.07, 6.45) is 2.29. The number of hydrogen-bond donors (Lipinski definition) is 1. The van der Waals surface area contributed by atoms with E-state index in [1.54, 1.807) is 17.9 Å². The number of aryl methyl sites for hydroxylation is 1. The van der Waals surface area contributed by atoms with Crippen LogP contribution >= 0.6 is 12.2 Å². The van der Waals surface area contributed by atoms with E-state index in [0.717, 1.165) is 0 Å². The number of H-pyrrole nitrogens is 1. The summed E-state index contributed by atoms with van der Waals surface area (Å²) in [4.78, 5) is 13.4. The molecular weight excluding hydrogens is 199 g/mol. The molecule has 0 amide bonds. The summed E-state index contributed by atoms with van der Waals surface area (Å²) < 4.78 is 7.04. The van der Waals surface area contributed by atoms with Gasteiger partial charge >= 0.3 is 0 Å². The SMILES string of the molecule is [B][C@H](CCn1ccc(=O)[nH]c1=S)OC. The van der Waals surface area contributed by atoms with Gasteiger partial charge in [0.2, 0.25) is 0 Å². The third kappa shape index (κ3) is 3.12. The van der Waals surface area contributed by atoms with Crippen LogP contribution < -0.4 is 5.56 Å². The van der Waals surface area contributed by atoms with Crippen LogP contribution in [0.3, 0.4) is 0 Å². The van der Waals surface area contributed by atoms with Gasteiger partial charge in [-0.3, -0.25) is 9.78 Å². The quantitative estimate of drug-likeness (QED) is 0.579. The Labute approximate surface area is 88.3 Å². The van der Waals surface area contributed by atoms with Crippen LogP contribution in [0.25, 0.3) is 0 Å². The molecule has 1 rings (SSSR count). The summed E-state index contributed by atoms with van der Waals surface area (Å²) in [5.41, 5.74) is -0.192. The minimum absolute atomic E-state index is 0.192. The monoisotopic (exact) mass is 210 g/mol. The van der Waals surface area contributed by atoms with Crippen molar-refractivity contribution in [1.82, 2.24) is 9.55 Å². The first-order valence-corrected chi connectivity index (χ1v) is 4.62. The fourth-order valence-corrected chi connectivity index (χ4v) is 1.26. The van der Waals surface area contributed by atoms with Gasteiger partial charge in [-0.05, 0) is 18.6 Å². The number of ether oxygens (including phenoxy) is 1. The van der Waals surface area contributed by atoms with Crippen molar-refractivity contribution in [2.24, 2.45) is 0 Å². The van der Waals surface area contributed by atoms with Crippen LogP contribution in [-0.4, -0.2) is 30.5 Å². The molecule has 0 spiro atoms. The molecule has 74 valence electrons. The Hall–Kier alpha value is -0.875. The number of hydrogen-bond acceptors (Lipinski definition) is 3. The highest BCUT2D eigenvalue weighted by molar-refractivity contribution is 7.71. The van der Waals surface area contributed by atoms with Gasteiger partial charge < -0.3 is 9.30 Å². The fourth-order valence-electron chi connectivity index (χ4n) is 1.00. The van der Waals surface area contributed by atoms with Gasteiger partial charge in [0.1, 0.15) is 7.85 Å². The molecule has 1 heterocycles. The Morgan fingerprint density at radius 1 is 1.79 bits per heavy atom. The van der Waals surface area contributed by atoms with E-state index >= 15 is 0 Å². The summed E-state index contributed by atoms with van der Waals surface area (Å²) in [5, 5.41) is 0. The number of methoxy groups -OCH3 is 1. The van der Waals surface area contributed by atoms with Crippen molar-refractivity contribution in [3.05, 3.63) is 27.4 Å². The third-order valence-electron chi connectivity index (χ3n) is 1.85. The molecule has 1 N–H and O–H groups in total. The number of nitrogens with zero attached hydrogens (tertiary/aromatic N) is 1. The summed E-state index contributed by atoms with van der Waals surface area (Å²) >= 11 is 4.95. The predicted octanol–water partition coefficient (Wildman–Crippen LogP) is 0.437. The highest BCUT2D eigenvalue weighted by Gasteiger charge is 1.99. The van der Waals surface area contributed by atoms with Gasteiger partial charge in [-0.1, -0.05) is 0 Å². The number of aromatic nitrogens is 2. The second-order valence-corrected chi connectivity index (χ2v) is 3.25. The van der Waals surface area contributed by atoms with Crippen molar-refractivity contribution < 1.29 is 4.74 Å². The molecule has 1 aromatic rings. The summed E-state index contributed by atoms with van der Waals surface area (Å²) in [7, 11) is 7.11. The molecule has 0 saturated carbocycles. The molecule has 14 heavy (non-hydrogen) atoms. The van der Waals surface area contributed by atoms with Crippen LogP contribution in [0.5, 0.6) is 0 Å². The van der Waals surface area contributed by atoms with E-state index in [-0.39, 0.29) is 11.6 Å². The normalized spacial score (nSPS) is 12.6. The maximum absolute atomic E-state index is 10.9. The summed E-state index contributed by atoms with van der Waals surface area (Å²) in [5.74, 6) is 0. The Balaban J connectivity index is 2.68. The van der Waals surface area contributed by atoms with Crippen molar-refractivity contribution >= 4 is 20.1 Å². The highest BCUT2D eigenvalue weighted by Crippen LogP contribution is 1.96. The first kappa shape index (κ1) is 11.2. The van der Waals surface area contributed by atoms with E-state index in [9.17, 15) is 4.79 Å². The molecule has 1 aromatic heterocycles. The van der Waals surface area contributed by atoms with E-state index in [1.807, 2.05) is 0 Å². The van der Waals surface area contributed by atoms with Crippen molar-refractivity contribution in [2.75, 3.05) is 7.11 Å². The molecule has 0 bridgehead atoms. The van der Waals surface area contributed by atoms with Crippen molar-refractivity contribution in [3.63, 3.8) is 0 Å². The number of aromatic amines is 1. The molecule has 0 saturated heterocycles. The Kier molecular flexibility index (Phi) is 4.09. The second kappa shape index (κ2) is 5.12. The van der Waals surface area contributed by atoms with Gasteiger partial charge in [0.05, 0.1) is 0 Å². The molecule has 0 aromatic carbocycles. The third-order valence-corrected chi connectivity index (χ3v) is 2.19. The summed E-state index contributed by atoms with van der Waals surface area (Å²) in [6, 6.07) is 1.12. The maximum atomic E-state index is 10.9. The molecule has 0 fully saturated rings. The molecule has 1 atom stereocenters. The van der Waals surface area contributed by atoms with E-state index in [4.69, 9.17) is 24.8 Å². The molecule has 0 aliphatic carbocycles. The van der Waals surface area contributed by atoms with E-state index in [0.29, 0.717) is 17.7 Å². The zero-order valence-corrected chi connectivity index (χ0v) is 8.71. The van der Waals surface area contributed by atoms with Gasteiger partial charge in [-0.25, -0.2) is 0 Å². The first-order valence-electron chi connectivity index (χ1n) is 4.21. The fraction of sp³-hybridized carbons (Fsp3) is 0.500. The highest BCUT2D eigenvalue weighted by atomic mass is 32.1. The van der Waals surface area contributed by atoms with Crippen LogP contribution in [0.4, 0.5) is 0 Å². The Morgan fingerprint density at radius 3 is 3.07 bits per heavy atom. The number of rotatable bonds is 4. The van der Waals surface area contributed by atoms with Crippen molar-refractivity contribution in [3.8, 4) is 0 Å². The van der Waals surface area contributed by atoms with Crippen LogP contribution in [-0.2, 0) is 11.3 Å². The average Bonchev–Trinajstić information content (AvgIpc) is 2.16. The zero-order chi connectivity index (χ0) is 10.6. The van der Waals surface area contributed by atoms with Crippen molar-refractivity contribution in [2.45, 2.75) is 19.0 Å². The lowest BCUT2D eigenvalue weighted by Crippen LogP contribution is -2.16. The second-order valence-electron chi connectivity index (χ2n) is 2.87. The van der Waals surface area contributed by atoms with Gasteiger partial charge in [0.25, 0.3) is 5.56 Å². The first-order chi connectivity index (χ1) is 6.63. The summed E-state index contributed by atoms with van der Waals surface area (Å²) in [6.45, 7) is 0.630. The minimum atomic E-state index is -0.302. The predicted molar refractivity (Wildman–Crippen MR) is 57.1 cm³/mol. The largest absolute Gasteiger partial charge is 0.391 e. The zero-order valence-electron chi connectivity index (χ0n) is 7.90. The van der Waals surface area contributed by atoms with Crippen LogP contribution in [0.1, 0.15) is 6.42 Å². The van der Waals surface area contributed by atoms with Gasteiger partial charge in [0, 0.05) is 31.9 Å². The topological polar surface area (TPSA) is 47.0 Å². The van der Waals surface area contributed by atoms with Crippen molar-refractivity contribution in [1.29, 1.82) is 0 Å². The van der Waals surface area contributed by atoms with E-state index in [2.05, 4.69) is 4.98 Å². The lowest BCUT2D eigenvalue weighted by molar-refractivity contribution is 0.155. The minimum Gasteiger partial charge on any atom is -0.391 e. The number of nitrogens with one attached hydrogen (secondary N) is 1. The van der Waals surface area contributed by atoms with Crippen LogP contribution in [0, 0.1) is 4.77 Å². The van der Waals surface area contributed by atoms with Crippen LogP contribution in [0.15, 0.2) is 17.1 Å². The molecule has 0 aliphatic heterocycles.